The minimum Gasteiger partial charge on any atom is -0.478 e. The number of aromatic carboxylic acids is 1. The van der Waals surface area contributed by atoms with E-state index in [0.717, 1.165) is 6.07 Å². The summed E-state index contributed by atoms with van der Waals surface area (Å²) in [6.45, 7) is 0. The first-order valence-corrected chi connectivity index (χ1v) is 4.38. The van der Waals surface area contributed by atoms with Crippen molar-refractivity contribution in [1.29, 1.82) is 0 Å². The summed E-state index contributed by atoms with van der Waals surface area (Å²) in [5, 5.41) is 9.36. The van der Waals surface area contributed by atoms with E-state index in [1.807, 2.05) is 0 Å². The molecule has 2 aromatic heterocycles. The Bertz CT molecular complexity index is 595. The number of rotatable bonds is 2. The van der Waals surface area contributed by atoms with E-state index in [9.17, 15) is 9.59 Å². The number of nitrogens with two attached hydrogens (primary N) is 1. The van der Waals surface area contributed by atoms with Crippen molar-refractivity contribution in [3.05, 3.63) is 35.7 Å². The molecule has 2 rings (SSSR count). The molecule has 0 fully saturated rings. The molecule has 0 aromatic carbocycles. The molecule has 2 heterocycles. The molecular formula is C10H7N3O3. The fraction of sp³-hybridized carbons (Fsp3) is 0. The number of fused-ring (bicyclic) bond motifs is 1. The molecule has 2 aromatic rings. The number of primary amides is 1. The van der Waals surface area contributed by atoms with Crippen LogP contribution in [0.2, 0.25) is 0 Å². The highest BCUT2D eigenvalue weighted by molar-refractivity contribution is 6.04. The van der Waals surface area contributed by atoms with Crippen molar-refractivity contribution < 1.29 is 14.7 Å². The molecule has 0 atom stereocenters. The highest BCUT2D eigenvalue weighted by Crippen LogP contribution is 2.16. The number of carboxylic acid groups (broad SMARTS) is 1. The van der Waals surface area contributed by atoms with Crippen LogP contribution in [-0.4, -0.2) is 27.0 Å². The van der Waals surface area contributed by atoms with Crippen LogP contribution in [0.4, 0.5) is 0 Å². The lowest BCUT2D eigenvalue weighted by Gasteiger charge is -2.02. The van der Waals surface area contributed by atoms with Crippen LogP contribution in [0, 0.1) is 0 Å². The van der Waals surface area contributed by atoms with E-state index in [1.54, 1.807) is 12.1 Å². The number of amides is 1. The van der Waals surface area contributed by atoms with E-state index in [1.165, 1.54) is 6.20 Å². The van der Waals surface area contributed by atoms with Crippen molar-refractivity contribution in [2.24, 2.45) is 5.73 Å². The molecule has 0 spiro atoms. The van der Waals surface area contributed by atoms with Gasteiger partial charge in [0, 0.05) is 11.6 Å². The Kier molecular flexibility index (Phi) is 2.24. The molecule has 0 saturated heterocycles. The number of hydrogen-bond acceptors (Lipinski definition) is 4. The number of aromatic nitrogens is 2. The quantitative estimate of drug-likeness (QED) is 0.758. The first-order chi connectivity index (χ1) is 7.59. The summed E-state index contributed by atoms with van der Waals surface area (Å²) in [6, 6.07) is 4.32. The number of nitrogens with zero attached hydrogens (tertiary/aromatic N) is 2. The lowest BCUT2D eigenvalue weighted by molar-refractivity contribution is 0.0699. The number of carbonyl (C=O) groups excluding carboxylic acids is 1. The van der Waals surface area contributed by atoms with Gasteiger partial charge in [0.05, 0.1) is 5.56 Å². The van der Waals surface area contributed by atoms with Gasteiger partial charge in [0.2, 0.25) is 0 Å². The minimum atomic E-state index is -1.15. The third-order valence-corrected chi connectivity index (χ3v) is 2.07. The maximum atomic E-state index is 11.0. The number of hydrogen-bond donors (Lipinski definition) is 2. The van der Waals surface area contributed by atoms with E-state index in [-0.39, 0.29) is 16.9 Å². The van der Waals surface area contributed by atoms with E-state index < -0.39 is 11.9 Å². The molecule has 0 bridgehead atoms. The van der Waals surface area contributed by atoms with Gasteiger partial charge in [-0.25, -0.2) is 14.8 Å². The van der Waals surface area contributed by atoms with Crippen molar-refractivity contribution in [2.75, 3.05) is 0 Å². The number of pyridine rings is 2. The topological polar surface area (TPSA) is 106 Å². The molecule has 0 aliphatic carbocycles. The summed E-state index contributed by atoms with van der Waals surface area (Å²) in [7, 11) is 0. The van der Waals surface area contributed by atoms with Crippen LogP contribution in [0.15, 0.2) is 24.4 Å². The Balaban J connectivity index is 2.84. The van der Waals surface area contributed by atoms with E-state index in [4.69, 9.17) is 10.8 Å². The molecule has 0 unspecified atom stereocenters. The molecule has 6 nitrogen and oxygen atoms in total. The molecule has 16 heavy (non-hydrogen) atoms. The van der Waals surface area contributed by atoms with Crippen molar-refractivity contribution >= 4 is 22.9 Å². The van der Waals surface area contributed by atoms with Gasteiger partial charge in [-0.1, -0.05) is 0 Å². The van der Waals surface area contributed by atoms with Gasteiger partial charge in [0.1, 0.15) is 5.69 Å². The Morgan fingerprint density at radius 2 is 2.12 bits per heavy atom. The smallest absolute Gasteiger partial charge is 0.336 e. The van der Waals surface area contributed by atoms with E-state index >= 15 is 0 Å². The maximum absolute atomic E-state index is 11.0. The average molecular weight is 217 g/mol. The third-order valence-electron chi connectivity index (χ3n) is 2.07. The SMILES string of the molecule is NC(=O)c1cc(C(=O)O)c2cccnc2n1. The van der Waals surface area contributed by atoms with E-state index in [2.05, 4.69) is 9.97 Å². The second kappa shape index (κ2) is 3.58. The van der Waals surface area contributed by atoms with Gasteiger partial charge in [-0.15, -0.1) is 0 Å². The summed E-state index contributed by atoms with van der Waals surface area (Å²) >= 11 is 0. The molecule has 80 valence electrons. The van der Waals surface area contributed by atoms with Crippen LogP contribution < -0.4 is 5.73 Å². The Morgan fingerprint density at radius 3 is 2.75 bits per heavy atom. The monoisotopic (exact) mass is 217 g/mol. The Labute approximate surface area is 89.7 Å². The first-order valence-electron chi connectivity index (χ1n) is 4.38. The predicted molar refractivity (Wildman–Crippen MR) is 55.0 cm³/mol. The van der Waals surface area contributed by atoms with Crippen LogP contribution in [0.3, 0.4) is 0 Å². The minimum absolute atomic E-state index is 0.0353. The Hall–Kier alpha value is -2.50. The lowest BCUT2D eigenvalue weighted by Crippen LogP contribution is -2.15. The average Bonchev–Trinajstić information content (AvgIpc) is 2.27. The third kappa shape index (κ3) is 1.56. The van der Waals surface area contributed by atoms with Gasteiger partial charge in [-0.2, -0.15) is 0 Å². The summed E-state index contributed by atoms with van der Waals surface area (Å²) < 4.78 is 0. The Morgan fingerprint density at radius 1 is 1.38 bits per heavy atom. The van der Waals surface area contributed by atoms with E-state index in [0.29, 0.717) is 5.39 Å². The van der Waals surface area contributed by atoms with Gasteiger partial charge < -0.3 is 10.8 Å². The zero-order valence-corrected chi connectivity index (χ0v) is 8.04. The van der Waals surface area contributed by atoms with Crippen LogP contribution >= 0.6 is 0 Å². The lowest BCUT2D eigenvalue weighted by atomic mass is 10.1. The fourth-order valence-corrected chi connectivity index (χ4v) is 1.36. The standard InChI is InChI=1S/C10H7N3O3/c11-8(14)7-4-6(10(15)16)5-2-1-3-12-9(5)13-7/h1-4H,(H2,11,14)(H,15,16). The molecular weight excluding hydrogens is 210 g/mol. The van der Waals surface area contributed by atoms with Crippen LogP contribution in [0.1, 0.15) is 20.8 Å². The molecule has 0 radical (unpaired) electrons. The van der Waals surface area contributed by atoms with Crippen LogP contribution in [-0.2, 0) is 0 Å². The second-order valence-electron chi connectivity index (χ2n) is 3.10. The zero-order valence-electron chi connectivity index (χ0n) is 8.04. The summed E-state index contributed by atoms with van der Waals surface area (Å²) in [5.41, 5.74) is 5.10. The van der Waals surface area contributed by atoms with Crippen molar-refractivity contribution in [3.8, 4) is 0 Å². The van der Waals surface area contributed by atoms with Crippen molar-refractivity contribution in [1.82, 2.24) is 9.97 Å². The largest absolute Gasteiger partial charge is 0.478 e. The molecule has 0 saturated carbocycles. The molecule has 6 heteroatoms. The summed E-state index contributed by atoms with van der Waals surface area (Å²) in [5.74, 6) is -1.93. The summed E-state index contributed by atoms with van der Waals surface area (Å²) in [4.78, 5) is 29.7. The highest BCUT2D eigenvalue weighted by atomic mass is 16.4. The van der Waals surface area contributed by atoms with Gasteiger partial charge in [-0.3, -0.25) is 4.79 Å². The van der Waals surface area contributed by atoms with Gasteiger partial charge in [0.25, 0.3) is 5.91 Å². The van der Waals surface area contributed by atoms with Crippen LogP contribution in [0.5, 0.6) is 0 Å². The predicted octanol–water partition coefficient (Wildman–Crippen LogP) is 0.427. The molecule has 0 aliphatic rings. The first kappa shape index (κ1) is 10.0. The second-order valence-corrected chi connectivity index (χ2v) is 3.10. The fourth-order valence-electron chi connectivity index (χ4n) is 1.36. The maximum Gasteiger partial charge on any atom is 0.336 e. The zero-order chi connectivity index (χ0) is 11.7. The molecule has 1 amide bonds. The van der Waals surface area contributed by atoms with Gasteiger partial charge in [-0.05, 0) is 18.2 Å². The highest BCUT2D eigenvalue weighted by Gasteiger charge is 2.14. The summed E-state index contributed by atoms with van der Waals surface area (Å²) in [6.07, 6.45) is 1.46. The van der Waals surface area contributed by atoms with Crippen molar-refractivity contribution in [3.63, 3.8) is 0 Å². The normalized spacial score (nSPS) is 10.2. The molecule has 3 N–H and O–H groups in total. The van der Waals surface area contributed by atoms with Gasteiger partial charge in [0.15, 0.2) is 5.65 Å². The van der Waals surface area contributed by atoms with Gasteiger partial charge >= 0.3 is 5.97 Å². The molecule has 0 aliphatic heterocycles. The van der Waals surface area contributed by atoms with Crippen LogP contribution in [0.25, 0.3) is 11.0 Å². The number of carbonyl (C=O) groups is 2. The van der Waals surface area contributed by atoms with Crippen molar-refractivity contribution in [2.45, 2.75) is 0 Å². The number of carboxylic acids is 1.